The normalized spacial score (nSPS) is 10.5. The number of nitrogens with zero attached hydrogens (tertiary/aromatic N) is 2. The van der Waals surface area contributed by atoms with Gasteiger partial charge in [0.1, 0.15) is 11.9 Å². The summed E-state index contributed by atoms with van der Waals surface area (Å²) in [4.78, 5) is 12.6. The molecule has 1 heterocycles. The number of nitro groups is 1. The Kier molecular flexibility index (Phi) is 2.72. The Morgan fingerprint density at radius 1 is 1.62 bits per heavy atom. The molecule has 7 heteroatoms. The maximum atomic E-state index is 12.0. The molecule has 0 aliphatic rings. The topological polar surface area (TPSA) is 56.0 Å². The van der Waals surface area contributed by atoms with E-state index in [1.165, 1.54) is 0 Å². The van der Waals surface area contributed by atoms with E-state index in [0.717, 1.165) is 12.3 Å². The summed E-state index contributed by atoms with van der Waals surface area (Å²) in [6, 6.07) is 0.843. The second kappa shape index (κ2) is 3.61. The number of rotatable bonds is 2. The third-order valence-corrected chi connectivity index (χ3v) is 1.58. The van der Waals surface area contributed by atoms with Gasteiger partial charge >= 0.3 is 0 Å². The van der Waals surface area contributed by atoms with E-state index < -0.39 is 27.8 Å². The summed E-state index contributed by atoms with van der Waals surface area (Å²) in [5.41, 5.74) is -1.05. The van der Waals surface area contributed by atoms with Crippen molar-refractivity contribution in [2.24, 2.45) is 0 Å². The van der Waals surface area contributed by atoms with Crippen molar-refractivity contribution < 1.29 is 13.7 Å². The molecule has 0 fully saturated rings. The van der Waals surface area contributed by atoms with Crippen LogP contribution in [-0.4, -0.2) is 9.91 Å². The van der Waals surface area contributed by atoms with Gasteiger partial charge in [-0.15, -0.1) is 0 Å². The van der Waals surface area contributed by atoms with E-state index in [9.17, 15) is 18.9 Å². The number of hydrogen-bond donors (Lipinski definition) is 0. The van der Waals surface area contributed by atoms with Crippen molar-refractivity contribution in [1.29, 1.82) is 0 Å². The molecule has 0 aromatic carbocycles. The molecule has 0 radical (unpaired) electrons. The summed E-state index contributed by atoms with van der Waals surface area (Å²) in [7, 11) is 0. The summed E-state index contributed by atoms with van der Waals surface area (Å²) < 4.78 is 24.1. The molecular formula is C6H3ClF2N2O2. The highest BCUT2D eigenvalue weighted by Gasteiger charge is 2.17. The molecule has 0 saturated carbocycles. The van der Waals surface area contributed by atoms with Crippen molar-refractivity contribution in [3.05, 3.63) is 33.1 Å². The van der Waals surface area contributed by atoms with Gasteiger partial charge in [0.2, 0.25) is 0 Å². The Balaban J connectivity index is 3.13. The number of alkyl halides is 2. The average molecular weight is 209 g/mol. The molecule has 0 unspecified atom stereocenters. The molecule has 0 bridgehead atoms. The third kappa shape index (κ3) is 2.09. The summed E-state index contributed by atoms with van der Waals surface area (Å²) in [5, 5.41) is 9.75. The highest BCUT2D eigenvalue weighted by Crippen LogP contribution is 2.27. The third-order valence-electron chi connectivity index (χ3n) is 1.27. The number of aromatic nitrogens is 1. The van der Waals surface area contributed by atoms with E-state index in [2.05, 4.69) is 4.98 Å². The quantitative estimate of drug-likeness (QED) is 0.554. The molecule has 70 valence electrons. The van der Waals surface area contributed by atoms with Crippen LogP contribution in [0.4, 0.5) is 14.5 Å². The van der Waals surface area contributed by atoms with Gasteiger partial charge in [0.25, 0.3) is 12.1 Å². The highest BCUT2D eigenvalue weighted by atomic mass is 35.5. The van der Waals surface area contributed by atoms with Gasteiger partial charge < -0.3 is 0 Å². The van der Waals surface area contributed by atoms with Gasteiger partial charge in [-0.25, -0.2) is 13.8 Å². The van der Waals surface area contributed by atoms with Crippen LogP contribution in [0.3, 0.4) is 0 Å². The van der Waals surface area contributed by atoms with Crippen molar-refractivity contribution >= 4 is 17.3 Å². The second-order valence-corrected chi connectivity index (χ2v) is 2.53. The summed E-state index contributed by atoms with van der Waals surface area (Å²) in [6.45, 7) is 0. The van der Waals surface area contributed by atoms with Gasteiger partial charge in [0.15, 0.2) is 0 Å². The van der Waals surface area contributed by atoms with Crippen molar-refractivity contribution in [2.75, 3.05) is 0 Å². The molecule has 0 amide bonds. The molecule has 0 aliphatic carbocycles. The van der Waals surface area contributed by atoms with Crippen molar-refractivity contribution in [2.45, 2.75) is 6.43 Å². The van der Waals surface area contributed by atoms with Crippen LogP contribution in [0.25, 0.3) is 0 Å². The smallest absolute Gasteiger partial charge is 0.258 e. The molecule has 1 rings (SSSR count). The van der Waals surface area contributed by atoms with Gasteiger partial charge in [-0.1, -0.05) is 11.6 Å². The fourth-order valence-corrected chi connectivity index (χ4v) is 0.942. The van der Waals surface area contributed by atoms with E-state index in [1.807, 2.05) is 0 Å². The lowest BCUT2D eigenvalue weighted by atomic mass is 10.3. The Bertz CT molecular complexity index is 345. The van der Waals surface area contributed by atoms with Crippen LogP contribution < -0.4 is 0 Å². The lowest BCUT2D eigenvalue weighted by Gasteiger charge is -1.99. The highest BCUT2D eigenvalue weighted by molar-refractivity contribution is 6.31. The van der Waals surface area contributed by atoms with Crippen LogP contribution in [0.2, 0.25) is 5.02 Å². The number of halogens is 3. The second-order valence-electron chi connectivity index (χ2n) is 2.12. The predicted octanol–water partition coefficient (Wildman–Crippen LogP) is 2.58. The molecule has 1 aromatic heterocycles. The SMILES string of the molecule is O=[N+]([O-])c1cnc(C(F)F)c(Cl)c1. The molecule has 0 aliphatic heterocycles. The zero-order valence-corrected chi connectivity index (χ0v) is 6.83. The molecule has 1 aromatic rings. The first-order valence-electron chi connectivity index (χ1n) is 3.10. The van der Waals surface area contributed by atoms with E-state index in [1.54, 1.807) is 0 Å². The van der Waals surface area contributed by atoms with Gasteiger partial charge in [0.05, 0.1) is 9.95 Å². The van der Waals surface area contributed by atoms with Gasteiger partial charge in [-0.2, -0.15) is 0 Å². The summed E-state index contributed by atoms with van der Waals surface area (Å²) in [5.74, 6) is 0. The van der Waals surface area contributed by atoms with E-state index >= 15 is 0 Å². The molecule has 4 nitrogen and oxygen atoms in total. The molecule has 0 spiro atoms. The largest absolute Gasteiger partial charge is 0.289 e. The zero-order chi connectivity index (χ0) is 10.0. The average Bonchev–Trinajstić information content (AvgIpc) is 2.03. The number of hydrogen-bond acceptors (Lipinski definition) is 3. The maximum Gasteiger partial charge on any atom is 0.289 e. The van der Waals surface area contributed by atoms with E-state index in [4.69, 9.17) is 11.6 Å². The fraction of sp³-hybridized carbons (Fsp3) is 0.167. The van der Waals surface area contributed by atoms with E-state index in [0.29, 0.717) is 0 Å². The van der Waals surface area contributed by atoms with Gasteiger partial charge in [-0.3, -0.25) is 10.1 Å². The minimum absolute atomic E-state index is 0.399. The van der Waals surface area contributed by atoms with Crippen molar-refractivity contribution in [3.63, 3.8) is 0 Å². The molecule has 13 heavy (non-hydrogen) atoms. The first-order chi connectivity index (χ1) is 6.02. The monoisotopic (exact) mass is 208 g/mol. The van der Waals surface area contributed by atoms with E-state index in [-0.39, 0.29) is 0 Å². The summed E-state index contributed by atoms with van der Waals surface area (Å²) in [6.07, 6.45) is -2.08. The zero-order valence-electron chi connectivity index (χ0n) is 6.08. The molecular weight excluding hydrogens is 206 g/mol. The maximum absolute atomic E-state index is 12.0. The minimum Gasteiger partial charge on any atom is -0.258 e. The molecule has 0 saturated heterocycles. The number of pyridine rings is 1. The van der Waals surface area contributed by atoms with Crippen LogP contribution in [-0.2, 0) is 0 Å². The first-order valence-corrected chi connectivity index (χ1v) is 3.48. The van der Waals surface area contributed by atoms with Crippen LogP contribution in [0.5, 0.6) is 0 Å². The van der Waals surface area contributed by atoms with Gasteiger partial charge in [-0.05, 0) is 0 Å². The summed E-state index contributed by atoms with van der Waals surface area (Å²) >= 11 is 5.32. The lowest BCUT2D eigenvalue weighted by molar-refractivity contribution is -0.385. The minimum atomic E-state index is -2.83. The Morgan fingerprint density at radius 2 is 2.23 bits per heavy atom. The van der Waals surface area contributed by atoms with Crippen molar-refractivity contribution in [1.82, 2.24) is 4.98 Å². The lowest BCUT2D eigenvalue weighted by Crippen LogP contribution is -1.94. The van der Waals surface area contributed by atoms with Gasteiger partial charge in [0, 0.05) is 6.07 Å². The fourth-order valence-electron chi connectivity index (χ4n) is 0.699. The first kappa shape index (κ1) is 9.79. The predicted molar refractivity (Wildman–Crippen MR) is 40.9 cm³/mol. The van der Waals surface area contributed by atoms with Crippen molar-refractivity contribution in [3.8, 4) is 0 Å². The molecule has 0 atom stereocenters. The Labute approximate surface area is 76.3 Å². The Hall–Kier alpha value is -1.30. The standard InChI is InChI=1S/C6H3ClF2N2O2/c7-4-1-3(11(12)13)2-10-5(4)6(8)9/h1-2,6H. The van der Waals surface area contributed by atoms with Crippen LogP contribution >= 0.6 is 11.6 Å². The Morgan fingerprint density at radius 3 is 2.62 bits per heavy atom. The molecule has 0 N–H and O–H groups in total. The van der Waals surface area contributed by atoms with Crippen LogP contribution in [0, 0.1) is 10.1 Å². The van der Waals surface area contributed by atoms with Crippen LogP contribution in [0.1, 0.15) is 12.1 Å². The van der Waals surface area contributed by atoms with Crippen LogP contribution in [0.15, 0.2) is 12.3 Å².